The zero-order valence-corrected chi connectivity index (χ0v) is 11.2. The second-order valence-electron chi connectivity index (χ2n) is 5.40. The summed E-state index contributed by atoms with van der Waals surface area (Å²) in [5, 5.41) is 0. The third-order valence-electron chi connectivity index (χ3n) is 4.34. The van der Waals surface area contributed by atoms with Crippen LogP contribution in [0.4, 0.5) is 0 Å². The summed E-state index contributed by atoms with van der Waals surface area (Å²) in [6, 6.07) is 0.475. The van der Waals surface area contributed by atoms with Gasteiger partial charge in [-0.3, -0.25) is 4.90 Å². The summed E-state index contributed by atoms with van der Waals surface area (Å²) >= 11 is 0. The number of ether oxygens (including phenoxy) is 2. The lowest BCUT2D eigenvalue weighted by atomic mass is 9.83. The maximum atomic E-state index is 6.11. The Hall–Kier alpha value is -0.160. The van der Waals surface area contributed by atoms with Crippen LogP contribution in [0.5, 0.6) is 0 Å². The molecule has 2 saturated heterocycles. The molecule has 0 radical (unpaired) electrons. The smallest absolute Gasteiger partial charge is 0.0620 e. The highest BCUT2D eigenvalue weighted by Gasteiger charge is 2.43. The molecule has 0 aromatic heterocycles. The van der Waals surface area contributed by atoms with Crippen molar-refractivity contribution in [3.63, 3.8) is 0 Å². The van der Waals surface area contributed by atoms with Crippen molar-refractivity contribution in [3.8, 4) is 0 Å². The topological polar surface area (TPSA) is 47.7 Å². The van der Waals surface area contributed by atoms with Crippen molar-refractivity contribution in [1.82, 2.24) is 4.90 Å². The van der Waals surface area contributed by atoms with Gasteiger partial charge in [0.1, 0.15) is 0 Å². The minimum Gasteiger partial charge on any atom is -0.379 e. The van der Waals surface area contributed by atoms with Gasteiger partial charge in [-0.25, -0.2) is 0 Å². The first-order valence-electron chi connectivity index (χ1n) is 6.88. The highest BCUT2D eigenvalue weighted by atomic mass is 16.5. The maximum absolute atomic E-state index is 6.11. The summed E-state index contributed by atoms with van der Waals surface area (Å²) in [5.74, 6) is 0. The van der Waals surface area contributed by atoms with Crippen LogP contribution >= 0.6 is 0 Å². The average Bonchev–Trinajstić information content (AvgIpc) is 2.39. The third kappa shape index (κ3) is 2.65. The van der Waals surface area contributed by atoms with Gasteiger partial charge in [0, 0.05) is 31.3 Å². The lowest BCUT2D eigenvalue weighted by Crippen LogP contribution is -2.63. The molecule has 3 atom stereocenters. The van der Waals surface area contributed by atoms with Gasteiger partial charge in [0.15, 0.2) is 0 Å². The molecule has 0 amide bonds. The fourth-order valence-electron chi connectivity index (χ4n) is 3.26. The molecule has 100 valence electrons. The van der Waals surface area contributed by atoms with E-state index < -0.39 is 0 Å². The number of nitrogens with zero attached hydrogens (tertiary/aromatic N) is 1. The number of hydrogen-bond donors (Lipinski definition) is 1. The van der Waals surface area contributed by atoms with E-state index in [1.54, 1.807) is 0 Å². The van der Waals surface area contributed by atoms with E-state index in [2.05, 4.69) is 18.7 Å². The van der Waals surface area contributed by atoms with E-state index in [1.165, 1.54) is 0 Å². The molecule has 17 heavy (non-hydrogen) atoms. The Labute approximate surface area is 104 Å². The van der Waals surface area contributed by atoms with Gasteiger partial charge >= 0.3 is 0 Å². The van der Waals surface area contributed by atoms with Crippen molar-refractivity contribution in [2.75, 3.05) is 32.9 Å². The van der Waals surface area contributed by atoms with Gasteiger partial charge in [-0.1, -0.05) is 6.92 Å². The van der Waals surface area contributed by atoms with E-state index in [9.17, 15) is 0 Å². The summed E-state index contributed by atoms with van der Waals surface area (Å²) in [4.78, 5) is 2.57. The van der Waals surface area contributed by atoms with E-state index in [1.807, 2.05) is 0 Å². The molecule has 2 aliphatic rings. The fraction of sp³-hybridized carbons (Fsp3) is 1.00. The van der Waals surface area contributed by atoms with Crippen molar-refractivity contribution in [2.45, 2.75) is 50.8 Å². The highest BCUT2D eigenvalue weighted by Crippen LogP contribution is 2.33. The quantitative estimate of drug-likeness (QED) is 0.802. The molecule has 2 heterocycles. The van der Waals surface area contributed by atoms with Gasteiger partial charge in [-0.2, -0.15) is 0 Å². The molecule has 0 saturated carbocycles. The van der Waals surface area contributed by atoms with Gasteiger partial charge in [0.05, 0.1) is 19.3 Å². The molecular weight excluding hydrogens is 216 g/mol. The van der Waals surface area contributed by atoms with E-state index >= 15 is 0 Å². The first-order chi connectivity index (χ1) is 8.22. The van der Waals surface area contributed by atoms with E-state index in [0.717, 1.165) is 52.2 Å². The van der Waals surface area contributed by atoms with Crippen LogP contribution in [0, 0.1) is 0 Å². The molecule has 2 rings (SSSR count). The van der Waals surface area contributed by atoms with Gasteiger partial charge in [-0.15, -0.1) is 0 Å². The SMILES string of the molecule is CCC1CC(CN)(N2CCOCC2C)CCO1. The van der Waals surface area contributed by atoms with E-state index in [-0.39, 0.29) is 5.54 Å². The summed E-state index contributed by atoms with van der Waals surface area (Å²) < 4.78 is 11.3. The predicted octanol–water partition coefficient (Wildman–Crippen LogP) is 0.994. The van der Waals surface area contributed by atoms with Crippen molar-refractivity contribution < 1.29 is 9.47 Å². The standard InChI is InChI=1S/C13H26N2O2/c1-3-12-8-13(10-14,4-6-17-12)15-5-7-16-9-11(15)2/h11-12H,3-10,14H2,1-2H3. The normalized spacial score (nSPS) is 40.4. The molecule has 0 aromatic carbocycles. The molecule has 4 nitrogen and oxygen atoms in total. The maximum Gasteiger partial charge on any atom is 0.0620 e. The number of morpholine rings is 1. The molecular formula is C13H26N2O2. The Kier molecular flexibility index (Phi) is 4.42. The molecule has 2 N–H and O–H groups in total. The van der Waals surface area contributed by atoms with E-state index in [4.69, 9.17) is 15.2 Å². The molecule has 3 unspecified atom stereocenters. The van der Waals surface area contributed by atoms with E-state index in [0.29, 0.717) is 12.1 Å². The van der Waals surface area contributed by atoms with Crippen molar-refractivity contribution in [3.05, 3.63) is 0 Å². The molecule has 2 fully saturated rings. The van der Waals surface area contributed by atoms with Crippen LogP contribution in [0.25, 0.3) is 0 Å². The van der Waals surface area contributed by atoms with Crippen LogP contribution in [-0.4, -0.2) is 55.5 Å². The molecule has 0 spiro atoms. The molecule has 0 bridgehead atoms. The first kappa shape index (κ1) is 13.3. The molecule has 2 aliphatic heterocycles. The lowest BCUT2D eigenvalue weighted by Gasteiger charge is -2.51. The minimum absolute atomic E-state index is 0.141. The Morgan fingerprint density at radius 1 is 1.41 bits per heavy atom. The first-order valence-corrected chi connectivity index (χ1v) is 6.88. The van der Waals surface area contributed by atoms with Crippen LogP contribution in [0.2, 0.25) is 0 Å². The zero-order valence-electron chi connectivity index (χ0n) is 11.2. The van der Waals surface area contributed by atoms with Gasteiger partial charge < -0.3 is 15.2 Å². The summed E-state index contributed by atoms with van der Waals surface area (Å²) in [5.41, 5.74) is 6.25. The largest absolute Gasteiger partial charge is 0.379 e. The summed E-state index contributed by atoms with van der Waals surface area (Å²) in [6.45, 7) is 8.70. The van der Waals surface area contributed by atoms with Gasteiger partial charge in [0.25, 0.3) is 0 Å². The van der Waals surface area contributed by atoms with Gasteiger partial charge in [0.2, 0.25) is 0 Å². The lowest BCUT2D eigenvalue weighted by molar-refractivity contribution is -0.116. The molecule has 4 heteroatoms. The molecule has 0 aliphatic carbocycles. The third-order valence-corrected chi connectivity index (χ3v) is 4.34. The second kappa shape index (κ2) is 5.65. The monoisotopic (exact) mass is 242 g/mol. The summed E-state index contributed by atoms with van der Waals surface area (Å²) in [6.07, 6.45) is 3.59. The minimum atomic E-state index is 0.141. The van der Waals surface area contributed by atoms with Crippen LogP contribution < -0.4 is 5.73 Å². The second-order valence-corrected chi connectivity index (χ2v) is 5.40. The zero-order chi connectivity index (χ0) is 12.3. The number of rotatable bonds is 3. The van der Waals surface area contributed by atoms with Crippen LogP contribution in [0.1, 0.15) is 33.1 Å². The van der Waals surface area contributed by atoms with Crippen molar-refractivity contribution >= 4 is 0 Å². The fourth-order valence-corrected chi connectivity index (χ4v) is 3.26. The Morgan fingerprint density at radius 2 is 2.24 bits per heavy atom. The Morgan fingerprint density at radius 3 is 2.88 bits per heavy atom. The number of hydrogen-bond acceptors (Lipinski definition) is 4. The van der Waals surface area contributed by atoms with Crippen LogP contribution in [0.15, 0.2) is 0 Å². The van der Waals surface area contributed by atoms with Crippen molar-refractivity contribution in [2.24, 2.45) is 5.73 Å². The number of nitrogens with two attached hydrogens (primary N) is 1. The Bertz CT molecular complexity index is 250. The van der Waals surface area contributed by atoms with Gasteiger partial charge in [-0.05, 0) is 26.2 Å². The predicted molar refractivity (Wildman–Crippen MR) is 68.0 cm³/mol. The average molecular weight is 242 g/mol. The van der Waals surface area contributed by atoms with Crippen molar-refractivity contribution in [1.29, 1.82) is 0 Å². The molecule has 0 aromatic rings. The van der Waals surface area contributed by atoms with Crippen LogP contribution in [0.3, 0.4) is 0 Å². The van der Waals surface area contributed by atoms with Crippen LogP contribution in [-0.2, 0) is 9.47 Å². The Balaban J connectivity index is 2.11. The highest BCUT2D eigenvalue weighted by molar-refractivity contribution is 4.98. The summed E-state index contributed by atoms with van der Waals surface area (Å²) in [7, 11) is 0.